The van der Waals surface area contributed by atoms with Crippen LogP contribution in [0.2, 0.25) is 5.15 Å². The van der Waals surface area contributed by atoms with Gasteiger partial charge in [0.2, 0.25) is 5.91 Å². The molecule has 30 heavy (non-hydrogen) atoms. The predicted molar refractivity (Wildman–Crippen MR) is 111 cm³/mol. The van der Waals surface area contributed by atoms with Crippen LogP contribution in [0.4, 0.5) is 4.39 Å². The Morgan fingerprint density at radius 2 is 1.77 bits per heavy atom. The van der Waals surface area contributed by atoms with Crippen molar-refractivity contribution in [2.24, 2.45) is 0 Å². The molecule has 0 atom stereocenters. The first-order chi connectivity index (χ1) is 14.4. The summed E-state index contributed by atoms with van der Waals surface area (Å²) in [4.78, 5) is 28.4. The first-order valence-corrected chi connectivity index (χ1v) is 9.73. The molecule has 0 aliphatic heterocycles. The Kier molecular flexibility index (Phi) is 7.13. The van der Waals surface area contributed by atoms with E-state index in [0.717, 1.165) is 11.1 Å². The van der Waals surface area contributed by atoms with Crippen LogP contribution in [0.15, 0.2) is 48.8 Å². The lowest BCUT2D eigenvalue weighted by molar-refractivity contribution is -0.121. The molecular weight excluding hydrogens is 409 g/mol. The zero-order chi connectivity index (χ0) is 21.5. The standard InChI is InChI=1S/C21H21ClFN5O2/c1-14-19(20(22)28(27-14)13-16-2-4-17(23)5-3-16)21(30)25-11-8-18(29)26-12-15-6-9-24-10-7-15/h2-7,9-10H,8,11-13H2,1H3,(H,25,30)(H,26,29). The van der Waals surface area contributed by atoms with Gasteiger partial charge in [-0.1, -0.05) is 23.7 Å². The molecule has 3 rings (SSSR count). The van der Waals surface area contributed by atoms with E-state index in [1.807, 2.05) is 12.1 Å². The summed E-state index contributed by atoms with van der Waals surface area (Å²) < 4.78 is 14.5. The molecule has 156 valence electrons. The van der Waals surface area contributed by atoms with E-state index in [0.29, 0.717) is 18.8 Å². The minimum Gasteiger partial charge on any atom is -0.352 e. The van der Waals surface area contributed by atoms with Crippen LogP contribution < -0.4 is 10.6 Å². The van der Waals surface area contributed by atoms with Crippen molar-refractivity contribution in [2.75, 3.05) is 6.54 Å². The molecule has 0 saturated carbocycles. The lowest BCUT2D eigenvalue weighted by Gasteiger charge is -2.07. The molecule has 0 unspecified atom stereocenters. The van der Waals surface area contributed by atoms with Gasteiger partial charge in [0.05, 0.1) is 17.8 Å². The van der Waals surface area contributed by atoms with Gasteiger partial charge in [-0.2, -0.15) is 5.10 Å². The lowest BCUT2D eigenvalue weighted by Crippen LogP contribution is -2.30. The second-order valence-electron chi connectivity index (χ2n) is 6.67. The number of carbonyl (C=O) groups is 2. The average Bonchev–Trinajstić information content (AvgIpc) is 3.02. The highest BCUT2D eigenvalue weighted by atomic mass is 35.5. The third-order valence-electron chi connectivity index (χ3n) is 4.41. The molecule has 3 aromatic rings. The fourth-order valence-corrected chi connectivity index (χ4v) is 3.17. The normalized spacial score (nSPS) is 10.6. The number of benzene rings is 1. The molecule has 9 heteroatoms. The third-order valence-corrected chi connectivity index (χ3v) is 4.80. The van der Waals surface area contributed by atoms with Gasteiger partial charge in [0.25, 0.3) is 5.91 Å². The second-order valence-corrected chi connectivity index (χ2v) is 7.03. The number of carbonyl (C=O) groups excluding carboxylic acids is 2. The average molecular weight is 430 g/mol. The summed E-state index contributed by atoms with van der Waals surface area (Å²) >= 11 is 6.35. The van der Waals surface area contributed by atoms with Crippen LogP contribution in [-0.2, 0) is 17.9 Å². The van der Waals surface area contributed by atoms with Gasteiger partial charge in [-0.15, -0.1) is 0 Å². The number of aryl methyl sites for hydroxylation is 1. The molecule has 0 saturated heterocycles. The fourth-order valence-electron chi connectivity index (χ4n) is 2.85. The molecule has 2 amide bonds. The van der Waals surface area contributed by atoms with Crippen molar-refractivity contribution < 1.29 is 14.0 Å². The quantitative estimate of drug-likeness (QED) is 0.576. The Bertz CT molecular complexity index is 1020. The summed E-state index contributed by atoms with van der Waals surface area (Å²) in [6.45, 7) is 2.56. The molecule has 2 heterocycles. The lowest BCUT2D eigenvalue weighted by atomic mass is 10.2. The highest BCUT2D eigenvalue weighted by Crippen LogP contribution is 2.21. The molecule has 2 N–H and O–H groups in total. The van der Waals surface area contributed by atoms with E-state index < -0.39 is 5.91 Å². The summed E-state index contributed by atoms with van der Waals surface area (Å²) in [6, 6.07) is 9.60. The van der Waals surface area contributed by atoms with Crippen LogP contribution in [0.5, 0.6) is 0 Å². The van der Waals surface area contributed by atoms with Crippen molar-refractivity contribution in [2.45, 2.75) is 26.4 Å². The highest BCUT2D eigenvalue weighted by molar-refractivity contribution is 6.33. The molecule has 0 spiro atoms. The van der Waals surface area contributed by atoms with E-state index in [4.69, 9.17) is 11.6 Å². The summed E-state index contributed by atoms with van der Waals surface area (Å²) in [6.07, 6.45) is 3.45. The van der Waals surface area contributed by atoms with Crippen LogP contribution in [-0.4, -0.2) is 33.1 Å². The number of hydrogen-bond acceptors (Lipinski definition) is 4. The Hall–Kier alpha value is -3.26. The smallest absolute Gasteiger partial charge is 0.256 e. The maximum atomic E-state index is 13.1. The molecule has 2 aromatic heterocycles. The number of halogens is 2. The molecule has 0 fully saturated rings. The molecule has 0 radical (unpaired) electrons. The van der Waals surface area contributed by atoms with Gasteiger partial charge in [-0.3, -0.25) is 14.6 Å². The zero-order valence-electron chi connectivity index (χ0n) is 16.4. The van der Waals surface area contributed by atoms with Crippen LogP contribution >= 0.6 is 11.6 Å². The van der Waals surface area contributed by atoms with E-state index in [2.05, 4.69) is 20.7 Å². The topological polar surface area (TPSA) is 88.9 Å². The number of pyridine rings is 1. The van der Waals surface area contributed by atoms with Gasteiger partial charge in [-0.25, -0.2) is 9.07 Å². The molecule has 1 aromatic carbocycles. The fraction of sp³-hybridized carbons (Fsp3) is 0.238. The van der Waals surface area contributed by atoms with Crippen LogP contribution in [0.1, 0.15) is 33.6 Å². The first kappa shape index (κ1) is 21.4. The van der Waals surface area contributed by atoms with Crippen LogP contribution in [0.25, 0.3) is 0 Å². The van der Waals surface area contributed by atoms with Crippen LogP contribution in [0.3, 0.4) is 0 Å². The van der Waals surface area contributed by atoms with Crippen molar-refractivity contribution in [3.05, 3.63) is 82.1 Å². The summed E-state index contributed by atoms with van der Waals surface area (Å²) in [5.41, 5.74) is 2.48. The predicted octanol–water partition coefficient (Wildman–Crippen LogP) is 2.86. The van der Waals surface area contributed by atoms with Crippen LogP contribution in [0, 0.1) is 12.7 Å². The van der Waals surface area contributed by atoms with E-state index in [1.165, 1.54) is 16.8 Å². The number of rotatable bonds is 8. The minimum absolute atomic E-state index is 0.136. The third kappa shape index (κ3) is 5.64. The van der Waals surface area contributed by atoms with Gasteiger partial charge in [0.1, 0.15) is 11.0 Å². The largest absolute Gasteiger partial charge is 0.352 e. The maximum absolute atomic E-state index is 13.1. The Morgan fingerprint density at radius 1 is 1.07 bits per heavy atom. The zero-order valence-corrected chi connectivity index (χ0v) is 17.1. The minimum atomic E-state index is -0.398. The van der Waals surface area contributed by atoms with Crippen molar-refractivity contribution in [3.8, 4) is 0 Å². The molecule has 7 nitrogen and oxygen atoms in total. The summed E-state index contributed by atoms with van der Waals surface area (Å²) in [5, 5.41) is 9.97. The number of nitrogens with zero attached hydrogens (tertiary/aromatic N) is 3. The molecule has 0 bridgehead atoms. The van der Waals surface area contributed by atoms with Crippen molar-refractivity contribution in [1.82, 2.24) is 25.4 Å². The van der Waals surface area contributed by atoms with E-state index in [1.54, 1.807) is 31.5 Å². The number of amides is 2. The van der Waals surface area contributed by atoms with E-state index in [-0.39, 0.29) is 35.4 Å². The first-order valence-electron chi connectivity index (χ1n) is 9.35. The van der Waals surface area contributed by atoms with Gasteiger partial charge in [-0.05, 0) is 42.3 Å². The van der Waals surface area contributed by atoms with Gasteiger partial charge >= 0.3 is 0 Å². The number of hydrogen-bond donors (Lipinski definition) is 2. The Balaban J connectivity index is 1.52. The van der Waals surface area contributed by atoms with E-state index >= 15 is 0 Å². The summed E-state index contributed by atoms with van der Waals surface area (Å²) in [7, 11) is 0. The van der Waals surface area contributed by atoms with E-state index in [9.17, 15) is 14.0 Å². The summed E-state index contributed by atoms with van der Waals surface area (Å²) in [5.74, 6) is -0.905. The SMILES string of the molecule is Cc1nn(Cc2ccc(F)cc2)c(Cl)c1C(=O)NCCC(=O)NCc1ccncc1. The molecule has 0 aliphatic rings. The highest BCUT2D eigenvalue weighted by Gasteiger charge is 2.20. The van der Waals surface area contributed by atoms with Gasteiger partial charge in [0.15, 0.2) is 0 Å². The monoisotopic (exact) mass is 429 g/mol. The van der Waals surface area contributed by atoms with Crippen molar-refractivity contribution in [3.63, 3.8) is 0 Å². The molecule has 0 aliphatic carbocycles. The maximum Gasteiger partial charge on any atom is 0.256 e. The van der Waals surface area contributed by atoms with Gasteiger partial charge in [0, 0.05) is 31.9 Å². The van der Waals surface area contributed by atoms with Crippen molar-refractivity contribution in [1.29, 1.82) is 0 Å². The van der Waals surface area contributed by atoms with Crippen molar-refractivity contribution >= 4 is 23.4 Å². The molecular formula is C21H21ClFN5O2. The Morgan fingerprint density at radius 3 is 2.47 bits per heavy atom. The van der Waals surface area contributed by atoms with Gasteiger partial charge < -0.3 is 10.6 Å². The Labute approximate surface area is 178 Å². The number of nitrogens with one attached hydrogen (secondary N) is 2. The second kappa shape index (κ2) is 9.98. The number of aromatic nitrogens is 3.